The summed E-state index contributed by atoms with van der Waals surface area (Å²) in [5, 5.41) is 22.0. The first-order chi connectivity index (χ1) is 15.7. The Balaban J connectivity index is 1.66. The summed E-state index contributed by atoms with van der Waals surface area (Å²) < 4.78 is 14.3. The summed E-state index contributed by atoms with van der Waals surface area (Å²) in [4.78, 5) is 11.0. The minimum atomic E-state index is -1.19. The van der Waals surface area contributed by atoms with Crippen LogP contribution in [0.25, 0.3) is 11.6 Å². The van der Waals surface area contributed by atoms with E-state index in [-0.39, 0.29) is 22.3 Å². The molecule has 0 bridgehead atoms. The van der Waals surface area contributed by atoms with Crippen LogP contribution < -0.4 is 0 Å². The van der Waals surface area contributed by atoms with E-state index >= 15 is 0 Å². The number of carbonyl (C=O) groups is 1. The van der Waals surface area contributed by atoms with E-state index in [4.69, 9.17) is 5.11 Å². The van der Waals surface area contributed by atoms with Crippen LogP contribution in [0.3, 0.4) is 0 Å². The summed E-state index contributed by atoms with van der Waals surface area (Å²) in [6, 6.07) is 18.0. The van der Waals surface area contributed by atoms with Gasteiger partial charge in [0.15, 0.2) is 0 Å². The molecular formula is C28H24FNO3. The number of rotatable bonds is 5. The number of fused-ring (bicyclic) bond motifs is 1. The first-order valence-electron chi connectivity index (χ1n) is 10.6. The molecule has 0 spiro atoms. The normalized spacial score (nSPS) is 14.9. The SMILES string of the molecule is Cc1ccc(C2=CC(C)(C)c3cc(C(/C=C\c4ccc(C(=O)O)cc4F)=N\O)ccc32)cc1. The molecule has 0 amide bonds. The molecule has 166 valence electrons. The average molecular weight is 442 g/mol. The molecule has 3 aromatic carbocycles. The van der Waals surface area contributed by atoms with E-state index in [1.54, 1.807) is 0 Å². The molecule has 4 nitrogen and oxygen atoms in total. The summed E-state index contributed by atoms with van der Waals surface area (Å²) >= 11 is 0. The third kappa shape index (κ3) is 4.35. The topological polar surface area (TPSA) is 69.9 Å². The summed E-state index contributed by atoms with van der Waals surface area (Å²) in [5.74, 6) is -1.85. The second-order valence-electron chi connectivity index (χ2n) is 8.77. The molecule has 33 heavy (non-hydrogen) atoms. The number of hydrogen-bond donors (Lipinski definition) is 2. The van der Waals surface area contributed by atoms with Crippen molar-refractivity contribution < 1.29 is 19.5 Å². The zero-order valence-electron chi connectivity index (χ0n) is 18.6. The summed E-state index contributed by atoms with van der Waals surface area (Å²) in [6.07, 6.45) is 5.22. The van der Waals surface area contributed by atoms with Gasteiger partial charge in [-0.05, 0) is 59.5 Å². The van der Waals surface area contributed by atoms with Gasteiger partial charge in [-0.15, -0.1) is 0 Å². The van der Waals surface area contributed by atoms with Crippen molar-refractivity contribution in [3.63, 3.8) is 0 Å². The Labute approximate surface area is 192 Å². The van der Waals surface area contributed by atoms with E-state index in [1.807, 2.05) is 18.2 Å². The van der Waals surface area contributed by atoms with Gasteiger partial charge >= 0.3 is 5.97 Å². The molecule has 1 aliphatic carbocycles. The molecule has 0 fully saturated rings. The zero-order valence-corrected chi connectivity index (χ0v) is 18.6. The molecular weight excluding hydrogens is 417 g/mol. The first-order valence-corrected chi connectivity index (χ1v) is 10.6. The fourth-order valence-electron chi connectivity index (χ4n) is 4.11. The maximum absolute atomic E-state index is 14.3. The van der Waals surface area contributed by atoms with E-state index < -0.39 is 11.8 Å². The predicted octanol–water partition coefficient (Wildman–Crippen LogP) is 6.45. The van der Waals surface area contributed by atoms with Crippen LogP contribution in [0.15, 0.2) is 78.0 Å². The molecule has 0 unspecified atom stereocenters. The van der Waals surface area contributed by atoms with Gasteiger partial charge in [-0.1, -0.05) is 73.1 Å². The van der Waals surface area contributed by atoms with E-state index in [1.165, 1.54) is 35.4 Å². The average Bonchev–Trinajstić information content (AvgIpc) is 3.06. The smallest absolute Gasteiger partial charge is 0.335 e. The van der Waals surface area contributed by atoms with Gasteiger partial charge in [0.2, 0.25) is 0 Å². The maximum atomic E-state index is 14.3. The molecule has 3 aromatic rings. The van der Waals surface area contributed by atoms with E-state index in [9.17, 15) is 14.4 Å². The van der Waals surface area contributed by atoms with Crippen LogP contribution >= 0.6 is 0 Å². The Morgan fingerprint density at radius 3 is 2.33 bits per heavy atom. The van der Waals surface area contributed by atoms with Gasteiger partial charge in [-0.2, -0.15) is 0 Å². The second kappa shape index (κ2) is 8.51. The summed E-state index contributed by atoms with van der Waals surface area (Å²) in [5.41, 5.74) is 6.60. The quantitative estimate of drug-likeness (QED) is 0.272. The number of benzene rings is 3. The molecule has 0 saturated carbocycles. The fraction of sp³-hybridized carbons (Fsp3) is 0.143. The van der Waals surface area contributed by atoms with E-state index in [0.717, 1.165) is 22.8 Å². The molecule has 2 N–H and O–H groups in total. The lowest BCUT2D eigenvalue weighted by Crippen LogP contribution is -2.12. The Morgan fingerprint density at radius 2 is 1.70 bits per heavy atom. The van der Waals surface area contributed by atoms with Gasteiger partial charge in [0.05, 0.1) is 5.56 Å². The summed E-state index contributed by atoms with van der Waals surface area (Å²) in [6.45, 7) is 6.34. The van der Waals surface area contributed by atoms with Crippen molar-refractivity contribution in [2.45, 2.75) is 26.2 Å². The number of allylic oxidation sites excluding steroid dienone is 2. The Hall–Kier alpha value is -3.99. The molecule has 5 heteroatoms. The molecule has 0 heterocycles. The van der Waals surface area contributed by atoms with Crippen LogP contribution in [0.4, 0.5) is 4.39 Å². The Kier molecular flexibility index (Phi) is 5.73. The third-order valence-corrected chi connectivity index (χ3v) is 5.94. The van der Waals surface area contributed by atoms with Crippen LogP contribution in [-0.4, -0.2) is 22.0 Å². The Morgan fingerprint density at radius 1 is 1.00 bits per heavy atom. The third-order valence-electron chi connectivity index (χ3n) is 5.94. The molecule has 0 aliphatic heterocycles. The predicted molar refractivity (Wildman–Crippen MR) is 128 cm³/mol. The molecule has 0 atom stereocenters. The monoisotopic (exact) mass is 441 g/mol. The zero-order chi connectivity index (χ0) is 23.8. The lowest BCUT2D eigenvalue weighted by molar-refractivity contribution is 0.0696. The van der Waals surface area contributed by atoms with Crippen LogP contribution in [0.2, 0.25) is 0 Å². The van der Waals surface area contributed by atoms with Crippen LogP contribution in [-0.2, 0) is 5.41 Å². The highest BCUT2D eigenvalue weighted by Crippen LogP contribution is 2.43. The van der Waals surface area contributed by atoms with E-state index in [0.29, 0.717) is 5.56 Å². The van der Waals surface area contributed by atoms with Gasteiger partial charge in [-0.25, -0.2) is 9.18 Å². The van der Waals surface area contributed by atoms with Crippen LogP contribution in [0.1, 0.15) is 57.6 Å². The Bertz CT molecular complexity index is 1330. The molecule has 1 aliphatic rings. The van der Waals surface area contributed by atoms with Crippen LogP contribution in [0.5, 0.6) is 0 Å². The standard InChI is InChI=1S/C28H24FNO3/c1-17-4-6-18(7-5-17)23-16-28(2,3)24-14-20(10-12-22(23)24)26(30-33)13-11-19-8-9-21(27(31)32)15-25(19)29/h4-16,33H,1-3H3,(H,31,32)/b13-11-,30-26-. The lowest BCUT2D eigenvalue weighted by atomic mass is 9.85. The van der Waals surface area contributed by atoms with Gasteiger partial charge in [0, 0.05) is 16.5 Å². The highest BCUT2D eigenvalue weighted by atomic mass is 19.1. The summed E-state index contributed by atoms with van der Waals surface area (Å²) in [7, 11) is 0. The highest BCUT2D eigenvalue weighted by molar-refractivity contribution is 6.11. The number of carboxylic acids is 1. The lowest BCUT2D eigenvalue weighted by Gasteiger charge is -2.18. The van der Waals surface area contributed by atoms with Crippen molar-refractivity contribution in [2.24, 2.45) is 5.16 Å². The molecule has 4 rings (SSSR count). The largest absolute Gasteiger partial charge is 0.478 e. The second-order valence-corrected chi connectivity index (χ2v) is 8.77. The van der Waals surface area contributed by atoms with Gasteiger partial charge in [-0.3, -0.25) is 0 Å². The van der Waals surface area contributed by atoms with Crippen LogP contribution in [0, 0.1) is 12.7 Å². The van der Waals surface area contributed by atoms with Crippen molar-refractivity contribution in [1.82, 2.24) is 0 Å². The molecule has 0 saturated heterocycles. The number of nitrogens with zero attached hydrogens (tertiary/aromatic N) is 1. The molecule has 0 radical (unpaired) electrons. The maximum Gasteiger partial charge on any atom is 0.335 e. The van der Waals surface area contributed by atoms with Gasteiger partial charge < -0.3 is 10.3 Å². The van der Waals surface area contributed by atoms with Gasteiger partial charge in [0.1, 0.15) is 11.5 Å². The van der Waals surface area contributed by atoms with Crippen molar-refractivity contribution in [3.05, 3.63) is 118 Å². The number of carboxylic acid groups (broad SMARTS) is 1. The van der Waals surface area contributed by atoms with Crippen molar-refractivity contribution in [3.8, 4) is 0 Å². The molecule has 0 aromatic heterocycles. The minimum absolute atomic E-state index is 0.126. The van der Waals surface area contributed by atoms with Crippen molar-refractivity contribution in [1.29, 1.82) is 0 Å². The minimum Gasteiger partial charge on any atom is -0.478 e. The van der Waals surface area contributed by atoms with Crippen molar-refractivity contribution >= 4 is 23.3 Å². The number of aromatic carboxylic acids is 1. The fourth-order valence-corrected chi connectivity index (χ4v) is 4.11. The highest BCUT2D eigenvalue weighted by Gasteiger charge is 2.30. The van der Waals surface area contributed by atoms with E-state index in [2.05, 4.69) is 56.3 Å². The first kappa shape index (κ1) is 22.2. The number of hydrogen-bond acceptors (Lipinski definition) is 3. The number of halogens is 1. The van der Waals surface area contributed by atoms with Crippen molar-refractivity contribution in [2.75, 3.05) is 0 Å². The van der Waals surface area contributed by atoms with Gasteiger partial charge in [0.25, 0.3) is 0 Å². The number of oxime groups is 1. The number of aryl methyl sites for hydroxylation is 1.